The maximum atomic E-state index is 13.5. The van der Waals surface area contributed by atoms with Gasteiger partial charge in [0.2, 0.25) is 0 Å². The molecule has 1 aromatic heterocycles. The zero-order valence-corrected chi connectivity index (χ0v) is 11.8. The van der Waals surface area contributed by atoms with E-state index in [1.54, 1.807) is 6.92 Å². The molecule has 0 saturated carbocycles. The number of rotatable bonds is 4. The molecule has 20 heavy (non-hydrogen) atoms. The van der Waals surface area contributed by atoms with Gasteiger partial charge in [-0.3, -0.25) is 0 Å². The van der Waals surface area contributed by atoms with E-state index in [9.17, 15) is 17.6 Å². The zero-order chi connectivity index (χ0) is 14.9. The molecule has 6 heteroatoms. The Kier molecular flexibility index (Phi) is 4.32. The van der Waals surface area contributed by atoms with E-state index < -0.39 is 35.0 Å². The number of hydrogen-bond donors (Lipinski definition) is 1. The first-order chi connectivity index (χ1) is 9.43. The lowest BCUT2D eigenvalue weighted by Crippen LogP contribution is -2.10. The lowest BCUT2D eigenvalue weighted by molar-refractivity contribution is 0.457. The van der Waals surface area contributed by atoms with E-state index in [-0.39, 0.29) is 6.07 Å². The van der Waals surface area contributed by atoms with E-state index in [0.717, 1.165) is 16.2 Å². The fourth-order valence-corrected chi connectivity index (χ4v) is 2.76. The van der Waals surface area contributed by atoms with Crippen molar-refractivity contribution in [3.8, 4) is 0 Å². The van der Waals surface area contributed by atoms with Crippen molar-refractivity contribution in [2.75, 3.05) is 5.32 Å². The molecule has 0 aliphatic rings. The monoisotopic (exact) mass is 303 g/mol. The molecular formula is C14H13F4NS. The molecule has 108 valence electrons. The highest BCUT2D eigenvalue weighted by molar-refractivity contribution is 7.12. The summed E-state index contributed by atoms with van der Waals surface area (Å²) in [6, 6.07) is 3.48. The van der Waals surface area contributed by atoms with Crippen LogP contribution in [-0.4, -0.2) is 0 Å². The van der Waals surface area contributed by atoms with Crippen LogP contribution in [0.25, 0.3) is 0 Å². The molecule has 1 aromatic carbocycles. The third-order valence-electron chi connectivity index (χ3n) is 2.93. The Balaban J connectivity index is 2.30. The summed E-state index contributed by atoms with van der Waals surface area (Å²) >= 11 is 1.49. The minimum Gasteiger partial charge on any atom is -0.373 e. The van der Waals surface area contributed by atoms with E-state index in [1.807, 2.05) is 19.1 Å². The van der Waals surface area contributed by atoms with Gasteiger partial charge in [0.1, 0.15) is 5.69 Å². The van der Waals surface area contributed by atoms with Crippen LogP contribution in [0.1, 0.15) is 29.6 Å². The fraction of sp³-hybridized carbons (Fsp3) is 0.286. The van der Waals surface area contributed by atoms with Crippen LogP contribution >= 0.6 is 11.3 Å². The highest BCUT2D eigenvalue weighted by Crippen LogP contribution is 2.30. The van der Waals surface area contributed by atoms with Gasteiger partial charge >= 0.3 is 0 Å². The Bertz CT molecular complexity index is 598. The molecule has 0 aliphatic heterocycles. The summed E-state index contributed by atoms with van der Waals surface area (Å²) in [6.07, 6.45) is 0.856. The van der Waals surface area contributed by atoms with Gasteiger partial charge in [-0.05, 0) is 25.5 Å². The number of aryl methyl sites for hydroxylation is 1. The molecule has 0 saturated heterocycles. The van der Waals surface area contributed by atoms with E-state index in [1.165, 1.54) is 11.3 Å². The van der Waals surface area contributed by atoms with Gasteiger partial charge in [-0.1, -0.05) is 6.92 Å². The van der Waals surface area contributed by atoms with Crippen LogP contribution in [0.2, 0.25) is 0 Å². The Morgan fingerprint density at radius 1 is 1.10 bits per heavy atom. The van der Waals surface area contributed by atoms with Crippen molar-refractivity contribution in [1.82, 2.24) is 0 Å². The first-order valence-electron chi connectivity index (χ1n) is 6.12. The Hall–Kier alpha value is -1.56. The third-order valence-corrected chi connectivity index (χ3v) is 4.34. The van der Waals surface area contributed by atoms with Crippen LogP contribution in [0.4, 0.5) is 23.2 Å². The minimum atomic E-state index is -1.42. The molecule has 2 aromatic rings. The van der Waals surface area contributed by atoms with Gasteiger partial charge < -0.3 is 5.32 Å². The zero-order valence-electron chi connectivity index (χ0n) is 10.9. The second-order valence-electron chi connectivity index (χ2n) is 4.37. The molecular weight excluding hydrogens is 290 g/mol. The summed E-state index contributed by atoms with van der Waals surface area (Å²) in [6.45, 7) is 3.67. The maximum absolute atomic E-state index is 13.5. The van der Waals surface area contributed by atoms with Crippen LogP contribution in [0, 0.1) is 23.3 Å². The molecule has 0 bridgehead atoms. The second-order valence-corrected chi connectivity index (χ2v) is 5.57. The van der Waals surface area contributed by atoms with Gasteiger partial charge in [0.05, 0.1) is 6.04 Å². The van der Waals surface area contributed by atoms with Gasteiger partial charge in [0, 0.05) is 15.8 Å². The molecule has 0 fully saturated rings. The largest absolute Gasteiger partial charge is 0.373 e. The predicted molar refractivity (Wildman–Crippen MR) is 72.0 cm³/mol. The fourth-order valence-electron chi connectivity index (χ4n) is 1.80. The number of thiophene rings is 1. The minimum absolute atomic E-state index is 0.195. The van der Waals surface area contributed by atoms with Crippen molar-refractivity contribution < 1.29 is 17.6 Å². The predicted octanol–water partition coefficient (Wildman–Crippen LogP) is 5.04. The summed E-state index contributed by atoms with van der Waals surface area (Å²) in [5.41, 5.74) is -0.776. The van der Waals surface area contributed by atoms with Gasteiger partial charge in [-0.15, -0.1) is 11.3 Å². The summed E-state index contributed by atoms with van der Waals surface area (Å²) in [5, 5.41) is 2.49. The average molecular weight is 303 g/mol. The van der Waals surface area contributed by atoms with Crippen molar-refractivity contribution >= 4 is 17.0 Å². The van der Waals surface area contributed by atoms with Crippen molar-refractivity contribution in [1.29, 1.82) is 0 Å². The first-order valence-corrected chi connectivity index (χ1v) is 6.93. The van der Waals surface area contributed by atoms with Crippen molar-refractivity contribution in [2.24, 2.45) is 0 Å². The Morgan fingerprint density at radius 2 is 1.70 bits per heavy atom. The molecule has 0 radical (unpaired) electrons. The SMILES string of the molecule is CCc1ccc(C(C)Nc2c(F)c(F)cc(F)c2F)s1. The summed E-state index contributed by atoms with van der Waals surface area (Å²) < 4.78 is 53.3. The van der Waals surface area contributed by atoms with Crippen LogP contribution < -0.4 is 5.32 Å². The lowest BCUT2D eigenvalue weighted by atomic mass is 10.2. The van der Waals surface area contributed by atoms with E-state index in [0.29, 0.717) is 0 Å². The van der Waals surface area contributed by atoms with Gasteiger partial charge in [0.25, 0.3) is 0 Å². The highest BCUT2D eigenvalue weighted by atomic mass is 32.1. The highest BCUT2D eigenvalue weighted by Gasteiger charge is 2.21. The Labute approximate surface area is 118 Å². The van der Waals surface area contributed by atoms with E-state index >= 15 is 0 Å². The number of anilines is 1. The number of halogens is 4. The van der Waals surface area contributed by atoms with Crippen LogP contribution in [-0.2, 0) is 6.42 Å². The standard InChI is InChI=1S/C14H13F4NS/c1-3-8-4-5-11(20-8)7(2)19-14-12(17)9(15)6-10(16)13(14)18/h4-7,19H,3H2,1-2H3. The van der Waals surface area contributed by atoms with Gasteiger partial charge in [-0.25, -0.2) is 17.6 Å². The molecule has 1 heterocycles. The summed E-state index contributed by atoms with van der Waals surface area (Å²) in [7, 11) is 0. The van der Waals surface area contributed by atoms with Crippen LogP contribution in [0.5, 0.6) is 0 Å². The first kappa shape index (κ1) is 14.8. The van der Waals surface area contributed by atoms with Gasteiger partial charge in [-0.2, -0.15) is 0 Å². The molecule has 1 atom stereocenters. The number of hydrogen-bond acceptors (Lipinski definition) is 2. The maximum Gasteiger partial charge on any atom is 0.185 e. The molecule has 1 unspecified atom stereocenters. The van der Waals surface area contributed by atoms with Crippen LogP contribution in [0.3, 0.4) is 0 Å². The molecule has 0 aliphatic carbocycles. The number of nitrogens with one attached hydrogen (secondary N) is 1. The molecule has 0 spiro atoms. The molecule has 0 amide bonds. The lowest BCUT2D eigenvalue weighted by Gasteiger charge is -2.15. The van der Waals surface area contributed by atoms with Crippen molar-refractivity contribution in [3.05, 3.63) is 51.2 Å². The number of benzene rings is 1. The second kappa shape index (κ2) is 5.83. The normalized spacial score (nSPS) is 12.5. The quantitative estimate of drug-likeness (QED) is 0.616. The third kappa shape index (κ3) is 2.80. The molecule has 1 N–H and O–H groups in total. The Morgan fingerprint density at radius 3 is 2.20 bits per heavy atom. The van der Waals surface area contributed by atoms with E-state index in [4.69, 9.17) is 0 Å². The molecule has 1 nitrogen and oxygen atoms in total. The van der Waals surface area contributed by atoms with Crippen LogP contribution in [0.15, 0.2) is 18.2 Å². The van der Waals surface area contributed by atoms with E-state index in [2.05, 4.69) is 5.32 Å². The average Bonchev–Trinajstić information content (AvgIpc) is 2.90. The van der Waals surface area contributed by atoms with Crippen molar-refractivity contribution in [2.45, 2.75) is 26.3 Å². The topological polar surface area (TPSA) is 12.0 Å². The van der Waals surface area contributed by atoms with Gasteiger partial charge in [0.15, 0.2) is 23.3 Å². The molecule has 2 rings (SSSR count). The van der Waals surface area contributed by atoms with Crippen molar-refractivity contribution in [3.63, 3.8) is 0 Å². The summed E-state index contributed by atoms with van der Waals surface area (Å²) in [5.74, 6) is -5.66. The summed E-state index contributed by atoms with van der Waals surface area (Å²) in [4.78, 5) is 1.96. The smallest absolute Gasteiger partial charge is 0.185 e.